The van der Waals surface area contributed by atoms with Crippen molar-refractivity contribution < 1.29 is 14.6 Å². The highest BCUT2D eigenvalue weighted by molar-refractivity contribution is 7.99. The molecule has 0 bridgehead atoms. The summed E-state index contributed by atoms with van der Waals surface area (Å²) < 4.78 is 5.65. The third kappa shape index (κ3) is 4.33. The van der Waals surface area contributed by atoms with Gasteiger partial charge < -0.3 is 9.84 Å². The first-order valence-corrected chi connectivity index (χ1v) is 6.11. The molecule has 1 aliphatic rings. The third-order valence-electron chi connectivity index (χ3n) is 2.35. The number of carbonyl (C=O) groups is 1. The molecule has 1 aliphatic heterocycles. The molecule has 0 aromatic carbocycles. The molecular weight excluding hydrogens is 200 g/mol. The lowest BCUT2D eigenvalue weighted by Crippen LogP contribution is -2.14. The van der Waals surface area contributed by atoms with Crippen molar-refractivity contribution in [3.05, 3.63) is 0 Å². The fourth-order valence-electron chi connectivity index (χ4n) is 1.58. The fraction of sp³-hybridized carbons (Fsp3) is 0.900. The number of aliphatic carboxylic acids is 1. The summed E-state index contributed by atoms with van der Waals surface area (Å²) >= 11 is 1.70. The molecule has 0 spiro atoms. The van der Waals surface area contributed by atoms with Crippen LogP contribution in [-0.4, -0.2) is 34.3 Å². The van der Waals surface area contributed by atoms with Crippen molar-refractivity contribution in [2.45, 2.75) is 50.6 Å². The normalized spacial score (nSPS) is 29.0. The molecule has 1 fully saturated rings. The summed E-state index contributed by atoms with van der Waals surface area (Å²) in [6, 6.07) is 0. The van der Waals surface area contributed by atoms with Gasteiger partial charge in [0.25, 0.3) is 0 Å². The Bertz CT molecular complexity index is 196. The molecule has 0 amide bonds. The Morgan fingerprint density at radius 2 is 2.36 bits per heavy atom. The lowest BCUT2D eigenvalue weighted by Gasteiger charge is -2.13. The van der Waals surface area contributed by atoms with Gasteiger partial charge in [0, 0.05) is 11.0 Å². The Labute approximate surface area is 89.2 Å². The van der Waals surface area contributed by atoms with E-state index in [0.29, 0.717) is 12.2 Å². The van der Waals surface area contributed by atoms with Crippen molar-refractivity contribution >= 4 is 17.7 Å². The van der Waals surface area contributed by atoms with E-state index in [-0.39, 0.29) is 11.7 Å². The SMILES string of the molecule is CC1CCC(CSC(C)CC(=O)O)O1. The molecule has 0 radical (unpaired) electrons. The maximum atomic E-state index is 10.4. The van der Waals surface area contributed by atoms with Crippen LogP contribution in [0.15, 0.2) is 0 Å². The van der Waals surface area contributed by atoms with E-state index < -0.39 is 5.97 Å². The Kier molecular flexibility index (Phi) is 4.75. The lowest BCUT2D eigenvalue weighted by atomic mass is 10.2. The largest absolute Gasteiger partial charge is 0.481 e. The second kappa shape index (κ2) is 5.61. The van der Waals surface area contributed by atoms with Crippen LogP contribution in [-0.2, 0) is 9.53 Å². The molecule has 1 heterocycles. The number of thioether (sulfide) groups is 1. The summed E-state index contributed by atoms with van der Waals surface area (Å²) in [5.41, 5.74) is 0. The van der Waals surface area contributed by atoms with E-state index >= 15 is 0 Å². The summed E-state index contributed by atoms with van der Waals surface area (Å²) in [4.78, 5) is 10.4. The molecule has 1 saturated heterocycles. The number of ether oxygens (including phenoxy) is 1. The van der Waals surface area contributed by atoms with E-state index in [0.717, 1.165) is 18.6 Å². The molecule has 3 atom stereocenters. The zero-order chi connectivity index (χ0) is 10.6. The van der Waals surface area contributed by atoms with E-state index in [9.17, 15) is 4.79 Å². The van der Waals surface area contributed by atoms with E-state index in [1.807, 2.05) is 6.92 Å². The Balaban J connectivity index is 2.11. The third-order valence-corrected chi connectivity index (χ3v) is 3.65. The lowest BCUT2D eigenvalue weighted by molar-refractivity contribution is -0.136. The van der Waals surface area contributed by atoms with E-state index in [1.54, 1.807) is 11.8 Å². The average Bonchev–Trinajstić information content (AvgIpc) is 2.47. The summed E-state index contributed by atoms with van der Waals surface area (Å²) in [5.74, 6) is 0.212. The summed E-state index contributed by atoms with van der Waals surface area (Å²) in [6.45, 7) is 4.04. The molecule has 3 unspecified atom stereocenters. The van der Waals surface area contributed by atoms with Crippen molar-refractivity contribution in [1.82, 2.24) is 0 Å². The van der Waals surface area contributed by atoms with Crippen LogP contribution in [0.1, 0.15) is 33.1 Å². The van der Waals surface area contributed by atoms with Crippen molar-refractivity contribution in [2.75, 3.05) is 5.75 Å². The van der Waals surface area contributed by atoms with Crippen molar-refractivity contribution in [3.8, 4) is 0 Å². The summed E-state index contributed by atoms with van der Waals surface area (Å²) in [6.07, 6.45) is 3.22. The second-order valence-corrected chi connectivity index (χ2v) is 5.36. The minimum Gasteiger partial charge on any atom is -0.481 e. The van der Waals surface area contributed by atoms with E-state index in [4.69, 9.17) is 9.84 Å². The van der Waals surface area contributed by atoms with Gasteiger partial charge in [0.1, 0.15) is 0 Å². The molecule has 0 aromatic rings. The highest BCUT2D eigenvalue weighted by Crippen LogP contribution is 2.24. The molecule has 3 nitrogen and oxygen atoms in total. The van der Waals surface area contributed by atoms with E-state index in [2.05, 4.69) is 6.92 Å². The first-order chi connectivity index (χ1) is 6.58. The van der Waals surface area contributed by atoms with Gasteiger partial charge in [-0.1, -0.05) is 6.92 Å². The first kappa shape index (κ1) is 11.9. The van der Waals surface area contributed by atoms with Gasteiger partial charge in [-0.15, -0.1) is 0 Å². The standard InChI is InChI=1S/C10H18O3S/c1-7-3-4-9(13-7)6-14-8(2)5-10(11)12/h7-9H,3-6H2,1-2H3,(H,11,12). The zero-order valence-corrected chi connectivity index (χ0v) is 9.55. The number of carboxylic acid groups (broad SMARTS) is 1. The van der Waals surface area contributed by atoms with Crippen molar-refractivity contribution in [1.29, 1.82) is 0 Å². The van der Waals surface area contributed by atoms with Crippen LogP contribution in [0, 0.1) is 0 Å². The average molecular weight is 218 g/mol. The second-order valence-electron chi connectivity index (χ2n) is 3.89. The first-order valence-electron chi connectivity index (χ1n) is 5.06. The van der Waals surface area contributed by atoms with Crippen LogP contribution in [0.25, 0.3) is 0 Å². The van der Waals surface area contributed by atoms with Gasteiger partial charge >= 0.3 is 5.97 Å². The number of rotatable bonds is 5. The van der Waals surface area contributed by atoms with Crippen LogP contribution >= 0.6 is 11.8 Å². The fourth-order valence-corrected chi connectivity index (χ4v) is 2.63. The molecule has 1 N–H and O–H groups in total. The molecular formula is C10H18O3S. The van der Waals surface area contributed by atoms with Gasteiger partial charge in [-0.25, -0.2) is 0 Å². The van der Waals surface area contributed by atoms with Crippen LogP contribution in [0.5, 0.6) is 0 Å². The Morgan fingerprint density at radius 1 is 1.64 bits per heavy atom. The van der Waals surface area contributed by atoms with Crippen LogP contribution in [0.4, 0.5) is 0 Å². The summed E-state index contributed by atoms with van der Waals surface area (Å²) in [7, 11) is 0. The van der Waals surface area contributed by atoms with Crippen LogP contribution in [0.2, 0.25) is 0 Å². The highest BCUT2D eigenvalue weighted by atomic mass is 32.2. The topological polar surface area (TPSA) is 46.5 Å². The maximum absolute atomic E-state index is 10.4. The van der Waals surface area contributed by atoms with Crippen LogP contribution in [0.3, 0.4) is 0 Å². The van der Waals surface area contributed by atoms with Crippen LogP contribution < -0.4 is 0 Å². The van der Waals surface area contributed by atoms with Gasteiger partial charge in [-0.3, -0.25) is 4.79 Å². The molecule has 4 heteroatoms. The predicted octanol–water partition coefficient (Wildman–Crippen LogP) is 2.15. The summed E-state index contributed by atoms with van der Waals surface area (Å²) in [5, 5.41) is 8.76. The predicted molar refractivity (Wildman–Crippen MR) is 57.7 cm³/mol. The smallest absolute Gasteiger partial charge is 0.304 e. The minimum absolute atomic E-state index is 0.187. The Hall–Kier alpha value is -0.220. The number of carboxylic acids is 1. The Morgan fingerprint density at radius 3 is 2.86 bits per heavy atom. The number of hydrogen-bond donors (Lipinski definition) is 1. The molecule has 0 aromatic heterocycles. The van der Waals surface area contributed by atoms with E-state index in [1.165, 1.54) is 0 Å². The minimum atomic E-state index is -0.717. The highest BCUT2D eigenvalue weighted by Gasteiger charge is 2.22. The molecule has 14 heavy (non-hydrogen) atoms. The molecule has 1 rings (SSSR count). The molecule has 0 saturated carbocycles. The van der Waals surface area contributed by atoms with Gasteiger partial charge in [-0.2, -0.15) is 11.8 Å². The monoisotopic (exact) mass is 218 g/mol. The number of hydrogen-bond acceptors (Lipinski definition) is 3. The maximum Gasteiger partial charge on any atom is 0.304 e. The van der Waals surface area contributed by atoms with Gasteiger partial charge in [-0.05, 0) is 19.8 Å². The van der Waals surface area contributed by atoms with Crippen molar-refractivity contribution in [3.63, 3.8) is 0 Å². The quantitative estimate of drug-likeness (QED) is 0.768. The van der Waals surface area contributed by atoms with Gasteiger partial charge in [0.15, 0.2) is 0 Å². The zero-order valence-electron chi connectivity index (χ0n) is 8.73. The molecule has 82 valence electrons. The van der Waals surface area contributed by atoms with Crippen molar-refractivity contribution in [2.24, 2.45) is 0 Å². The van der Waals surface area contributed by atoms with Gasteiger partial charge in [0.05, 0.1) is 18.6 Å². The van der Waals surface area contributed by atoms with Gasteiger partial charge in [0.2, 0.25) is 0 Å². The molecule has 0 aliphatic carbocycles.